The van der Waals surface area contributed by atoms with Gasteiger partial charge >= 0.3 is 5.97 Å². The van der Waals surface area contributed by atoms with Gasteiger partial charge in [-0.25, -0.2) is 9.78 Å². The summed E-state index contributed by atoms with van der Waals surface area (Å²) < 4.78 is 4.72. The number of anilines is 2. The molecule has 1 N–H and O–H groups in total. The maximum absolute atomic E-state index is 11.5. The minimum absolute atomic E-state index is 0.202. The molecule has 2 aromatic rings. The van der Waals surface area contributed by atoms with Gasteiger partial charge in [0, 0.05) is 11.1 Å². The van der Waals surface area contributed by atoms with Crippen LogP contribution >= 0.6 is 11.3 Å². The summed E-state index contributed by atoms with van der Waals surface area (Å²) in [6, 6.07) is 3.55. The molecule has 0 radical (unpaired) electrons. The topological polar surface area (TPSA) is 51.2 Å². The second kappa shape index (κ2) is 6.13. The van der Waals surface area contributed by atoms with E-state index >= 15 is 0 Å². The molecule has 0 atom stereocenters. The number of ether oxygens (including phenoxy) is 1. The highest BCUT2D eigenvalue weighted by Gasteiger charge is 2.40. The summed E-state index contributed by atoms with van der Waals surface area (Å²) in [5.74, 6) is 0.371. The molecule has 25 heavy (non-hydrogen) atoms. The highest BCUT2D eigenvalue weighted by atomic mass is 32.1. The summed E-state index contributed by atoms with van der Waals surface area (Å²) >= 11 is 1.84. The number of hydrogen-bond donors (Lipinski definition) is 1. The number of pyridine rings is 1. The number of esters is 1. The number of methoxy groups -OCH3 is 1. The van der Waals surface area contributed by atoms with Gasteiger partial charge in [-0.15, -0.1) is 11.3 Å². The number of nitrogens with zero attached hydrogens (tertiary/aromatic N) is 1. The lowest BCUT2D eigenvalue weighted by Gasteiger charge is -2.39. The number of fused-ring (bicyclic) bond motifs is 1. The number of carbonyl (C=O) groups is 1. The second-order valence-electron chi connectivity index (χ2n) is 8.08. The fourth-order valence-corrected chi connectivity index (χ4v) is 5.14. The van der Waals surface area contributed by atoms with Gasteiger partial charge in [-0.2, -0.15) is 0 Å². The van der Waals surface area contributed by atoms with Crippen LogP contribution in [0, 0.1) is 6.92 Å². The number of nitrogens with one attached hydrogen (secondary N) is 1. The molecule has 2 heterocycles. The van der Waals surface area contributed by atoms with Crippen LogP contribution in [0.25, 0.3) is 0 Å². The van der Waals surface area contributed by atoms with E-state index in [0.29, 0.717) is 5.56 Å². The molecule has 3 rings (SSSR count). The lowest BCUT2D eigenvalue weighted by Crippen LogP contribution is -2.32. The number of hydrogen-bond acceptors (Lipinski definition) is 5. The molecule has 134 valence electrons. The van der Waals surface area contributed by atoms with Crippen LogP contribution in [0.5, 0.6) is 0 Å². The van der Waals surface area contributed by atoms with Crippen molar-refractivity contribution < 1.29 is 9.53 Å². The molecule has 0 saturated carbocycles. The smallest absolute Gasteiger partial charge is 0.339 e. The van der Waals surface area contributed by atoms with Crippen molar-refractivity contribution in [1.82, 2.24) is 4.98 Å². The van der Waals surface area contributed by atoms with Crippen molar-refractivity contribution in [3.63, 3.8) is 0 Å². The zero-order valence-corrected chi connectivity index (χ0v) is 16.6. The first kappa shape index (κ1) is 17.9. The number of thiophene rings is 1. The molecule has 0 unspecified atom stereocenters. The quantitative estimate of drug-likeness (QED) is 0.753. The zero-order valence-electron chi connectivity index (χ0n) is 15.8. The Bertz CT molecular complexity index is 804. The Balaban J connectivity index is 1.95. The molecule has 0 amide bonds. The SMILES string of the molecule is COC(=O)c1ccc(Nc2sc3c(c2C)C(C)(C)CCC3(C)C)nc1. The molecule has 0 fully saturated rings. The maximum atomic E-state index is 11.5. The Morgan fingerprint density at radius 2 is 1.88 bits per heavy atom. The van der Waals surface area contributed by atoms with Crippen molar-refractivity contribution in [2.45, 2.75) is 58.3 Å². The van der Waals surface area contributed by atoms with Gasteiger partial charge in [-0.1, -0.05) is 27.7 Å². The lowest BCUT2D eigenvalue weighted by atomic mass is 9.66. The zero-order chi connectivity index (χ0) is 18.4. The molecule has 0 aliphatic heterocycles. The van der Waals surface area contributed by atoms with Gasteiger partial charge in [-0.05, 0) is 53.9 Å². The third kappa shape index (κ3) is 3.17. The lowest BCUT2D eigenvalue weighted by molar-refractivity contribution is 0.0600. The van der Waals surface area contributed by atoms with Crippen LogP contribution in [-0.4, -0.2) is 18.1 Å². The molecule has 0 bridgehead atoms. The van der Waals surface area contributed by atoms with E-state index in [1.165, 1.54) is 36.0 Å². The van der Waals surface area contributed by atoms with E-state index in [9.17, 15) is 4.79 Å². The van der Waals surface area contributed by atoms with E-state index in [-0.39, 0.29) is 16.8 Å². The van der Waals surface area contributed by atoms with E-state index in [1.807, 2.05) is 17.4 Å². The molecule has 4 nitrogen and oxygen atoms in total. The van der Waals surface area contributed by atoms with Gasteiger partial charge in [0.15, 0.2) is 0 Å². The van der Waals surface area contributed by atoms with E-state index < -0.39 is 0 Å². The summed E-state index contributed by atoms with van der Waals surface area (Å²) in [5, 5.41) is 4.59. The molecular weight excluding hydrogens is 332 g/mol. The van der Waals surface area contributed by atoms with E-state index in [4.69, 9.17) is 4.74 Å². The minimum atomic E-state index is -0.370. The Labute approximate surface area is 153 Å². The van der Waals surface area contributed by atoms with Gasteiger partial charge in [0.05, 0.1) is 17.7 Å². The summed E-state index contributed by atoms with van der Waals surface area (Å²) in [5.41, 5.74) is 3.67. The van der Waals surface area contributed by atoms with Crippen LogP contribution in [0.15, 0.2) is 18.3 Å². The molecule has 0 aromatic carbocycles. The fourth-order valence-electron chi connectivity index (χ4n) is 3.61. The van der Waals surface area contributed by atoms with Crippen molar-refractivity contribution in [1.29, 1.82) is 0 Å². The molecular formula is C20H26N2O2S. The largest absolute Gasteiger partial charge is 0.465 e. The highest BCUT2D eigenvalue weighted by Crippen LogP contribution is 2.53. The van der Waals surface area contributed by atoms with E-state index in [2.05, 4.69) is 44.9 Å². The van der Waals surface area contributed by atoms with Crippen LogP contribution in [-0.2, 0) is 15.6 Å². The van der Waals surface area contributed by atoms with Crippen molar-refractivity contribution in [2.24, 2.45) is 0 Å². The van der Waals surface area contributed by atoms with Gasteiger partial charge in [-0.3, -0.25) is 0 Å². The summed E-state index contributed by atoms with van der Waals surface area (Å²) in [6.45, 7) is 11.6. The van der Waals surface area contributed by atoms with Gasteiger partial charge in [0.25, 0.3) is 0 Å². The number of aromatic nitrogens is 1. The molecule has 0 saturated heterocycles. The maximum Gasteiger partial charge on any atom is 0.339 e. The first-order valence-corrected chi connectivity index (χ1v) is 9.43. The standard InChI is InChI=1S/C20H26N2O2S/c1-12-15-16(20(4,5)10-9-19(15,2)3)25-17(12)22-14-8-7-13(11-21-14)18(23)24-6/h7-8,11H,9-10H2,1-6H3,(H,21,22). The molecule has 1 aliphatic carbocycles. The third-order valence-corrected chi connectivity index (χ3v) is 6.81. The molecule has 2 aromatic heterocycles. The van der Waals surface area contributed by atoms with Gasteiger partial charge in [0.1, 0.15) is 5.82 Å². The predicted molar refractivity (Wildman–Crippen MR) is 103 cm³/mol. The average Bonchev–Trinajstić information content (AvgIpc) is 2.91. The normalized spacial score (nSPS) is 17.7. The van der Waals surface area contributed by atoms with Crippen molar-refractivity contribution in [3.8, 4) is 0 Å². The van der Waals surface area contributed by atoms with Crippen LogP contribution in [0.4, 0.5) is 10.8 Å². The Morgan fingerprint density at radius 1 is 1.20 bits per heavy atom. The first-order chi connectivity index (χ1) is 11.7. The minimum Gasteiger partial charge on any atom is -0.465 e. The monoisotopic (exact) mass is 358 g/mol. The van der Waals surface area contributed by atoms with Crippen molar-refractivity contribution >= 4 is 28.1 Å². The molecule has 1 aliphatic rings. The van der Waals surface area contributed by atoms with Gasteiger partial charge < -0.3 is 10.1 Å². The predicted octanol–water partition coefficient (Wildman–Crippen LogP) is 5.33. The van der Waals surface area contributed by atoms with E-state index in [0.717, 1.165) is 10.8 Å². The Morgan fingerprint density at radius 3 is 2.44 bits per heavy atom. The van der Waals surface area contributed by atoms with Crippen LogP contribution in [0.1, 0.15) is 66.9 Å². The second-order valence-corrected chi connectivity index (χ2v) is 9.10. The third-order valence-electron chi connectivity index (χ3n) is 5.24. The van der Waals surface area contributed by atoms with E-state index in [1.54, 1.807) is 12.3 Å². The van der Waals surface area contributed by atoms with Crippen LogP contribution in [0.2, 0.25) is 0 Å². The highest BCUT2D eigenvalue weighted by molar-refractivity contribution is 7.16. The summed E-state index contributed by atoms with van der Waals surface area (Å²) in [6.07, 6.45) is 3.96. The number of rotatable bonds is 3. The molecule has 0 spiro atoms. The van der Waals surface area contributed by atoms with Crippen LogP contribution < -0.4 is 5.32 Å². The number of carbonyl (C=O) groups excluding carboxylic acids is 1. The molecule has 5 heteroatoms. The van der Waals surface area contributed by atoms with Crippen molar-refractivity contribution in [3.05, 3.63) is 39.9 Å². The average molecular weight is 359 g/mol. The summed E-state index contributed by atoms with van der Waals surface area (Å²) in [7, 11) is 1.37. The van der Waals surface area contributed by atoms with Crippen LogP contribution in [0.3, 0.4) is 0 Å². The first-order valence-electron chi connectivity index (χ1n) is 8.61. The van der Waals surface area contributed by atoms with Gasteiger partial charge in [0.2, 0.25) is 0 Å². The fraction of sp³-hybridized carbons (Fsp3) is 0.500. The Kier molecular flexibility index (Phi) is 4.40. The Hall–Kier alpha value is -1.88. The van der Waals surface area contributed by atoms with Crippen molar-refractivity contribution in [2.75, 3.05) is 12.4 Å². The summed E-state index contributed by atoms with van der Waals surface area (Å²) in [4.78, 5) is 17.4.